The van der Waals surface area contributed by atoms with Crippen LogP contribution in [0.4, 0.5) is 5.69 Å². The molecule has 0 radical (unpaired) electrons. The molecule has 0 bridgehead atoms. The van der Waals surface area contributed by atoms with Gasteiger partial charge in [0.1, 0.15) is 6.33 Å². The van der Waals surface area contributed by atoms with Crippen molar-refractivity contribution in [3.63, 3.8) is 0 Å². The number of nitro benzene ring substituents is 1. The van der Waals surface area contributed by atoms with Gasteiger partial charge in [0.2, 0.25) is 5.91 Å². The van der Waals surface area contributed by atoms with Crippen LogP contribution in [0.15, 0.2) is 34.6 Å². The van der Waals surface area contributed by atoms with Gasteiger partial charge in [-0.15, -0.1) is 10.2 Å². The number of nitrogens with zero attached hydrogens (tertiary/aromatic N) is 5. The Morgan fingerprint density at radius 1 is 1.34 bits per heavy atom. The molecule has 32 heavy (non-hydrogen) atoms. The Hall–Kier alpha value is -2.95. The smallest absolute Gasteiger partial charge is 0.284 e. The van der Waals surface area contributed by atoms with E-state index >= 15 is 0 Å². The number of carbonyl (C=O) groups excluding carboxylic acids is 2. The maximum atomic E-state index is 13.2. The lowest BCUT2D eigenvalue weighted by atomic mass is 9.92. The summed E-state index contributed by atoms with van der Waals surface area (Å²) in [6, 6.07) is 4.41. The van der Waals surface area contributed by atoms with Gasteiger partial charge in [0, 0.05) is 37.8 Å². The van der Waals surface area contributed by atoms with Gasteiger partial charge in [-0.3, -0.25) is 19.7 Å². The molecule has 11 heteroatoms. The molecule has 0 aliphatic carbocycles. The Morgan fingerprint density at radius 3 is 2.78 bits per heavy atom. The Labute approximate surface area is 190 Å². The molecule has 1 fully saturated rings. The number of piperidine rings is 1. The molecule has 0 saturated carbocycles. The second-order valence-electron chi connectivity index (χ2n) is 7.99. The Bertz CT molecular complexity index is 994. The number of unbranched alkanes of at least 4 members (excludes halogenated alkanes) is 1. The van der Waals surface area contributed by atoms with Crippen LogP contribution in [0.1, 0.15) is 49.9 Å². The Balaban J connectivity index is 1.78. The van der Waals surface area contributed by atoms with E-state index in [1.165, 1.54) is 12.4 Å². The van der Waals surface area contributed by atoms with Gasteiger partial charge < -0.3 is 14.8 Å². The van der Waals surface area contributed by atoms with Crippen LogP contribution >= 0.6 is 11.8 Å². The van der Waals surface area contributed by atoms with Crippen molar-refractivity contribution in [1.29, 1.82) is 0 Å². The highest BCUT2D eigenvalue weighted by atomic mass is 32.2. The van der Waals surface area contributed by atoms with Gasteiger partial charge in [0.25, 0.3) is 11.6 Å². The van der Waals surface area contributed by atoms with Crippen LogP contribution in [0.2, 0.25) is 0 Å². The van der Waals surface area contributed by atoms with Crippen LogP contribution in [0.25, 0.3) is 0 Å². The zero-order valence-corrected chi connectivity index (χ0v) is 19.3. The van der Waals surface area contributed by atoms with Gasteiger partial charge in [0.15, 0.2) is 5.16 Å². The van der Waals surface area contributed by atoms with Gasteiger partial charge in [-0.25, -0.2) is 0 Å². The molecule has 2 unspecified atom stereocenters. The lowest BCUT2D eigenvalue weighted by Gasteiger charge is -2.37. The molecular formula is C21H28N6O4S. The molecule has 3 rings (SSSR count). The summed E-state index contributed by atoms with van der Waals surface area (Å²) in [6.07, 6.45) is 4.85. The van der Waals surface area contributed by atoms with E-state index in [-0.39, 0.29) is 35.0 Å². The highest BCUT2D eigenvalue weighted by Crippen LogP contribution is 2.35. The Morgan fingerprint density at radius 2 is 2.12 bits per heavy atom. The number of amides is 2. The zero-order chi connectivity index (χ0) is 23.3. The first-order chi connectivity index (χ1) is 15.3. The second-order valence-corrected chi connectivity index (χ2v) is 9.00. The predicted molar refractivity (Wildman–Crippen MR) is 119 cm³/mol. The van der Waals surface area contributed by atoms with Crippen LogP contribution in [0, 0.1) is 16.0 Å². The van der Waals surface area contributed by atoms with Gasteiger partial charge in [-0.2, -0.15) is 0 Å². The fourth-order valence-corrected chi connectivity index (χ4v) is 4.50. The zero-order valence-electron chi connectivity index (χ0n) is 18.5. The first kappa shape index (κ1) is 23.7. The van der Waals surface area contributed by atoms with E-state index in [4.69, 9.17) is 0 Å². The largest absolute Gasteiger partial charge is 0.356 e. The van der Waals surface area contributed by atoms with Gasteiger partial charge in [-0.1, -0.05) is 13.3 Å². The van der Waals surface area contributed by atoms with Crippen molar-refractivity contribution in [2.75, 3.05) is 13.1 Å². The van der Waals surface area contributed by atoms with Gasteiger partial charge >= 0.3 is 0 Å². The topological polar surface area (TPSA) is 123 Å². The molecule has 2 atom stereocenters. The highest BCUT2D eigenvalue weighted by Gasteiger charge is 2.33. The number of hydrogen-bond donors (Lipinski definition) is 1. The SMILES string of the molecule is CCCCNC(=O)C1CCC(C)N(C(=O)c2ccc(Sc3nncn3C)c([N+](=O)[O-])c2)C1. The van der Waals surface area contributed by atoms with Crippen molar-refractivity contribution in [2.24, 2.45) is 13.0 Å². The van der Waals surface area contributed by atoms with Crippen molar-refractivity contribution in [3.8, 4) is 0 Å². The van der Waals surface area contributed by atoms with Crippen molar-refractivity contribution >= 4 is 29.3 Å². The third-order valence-electron chi connectivity index (χ3n) is 5.62. The minimum Gasteiger partial charge on any atom is -0.356 e. The van der Waals surface area contributed by atoms with E-state index in [9.17, 15) is 19.7 Å². The fraction of sp³-hybridized carbons (Fsp3) is 0.524. The number of nitro groups is 1. The summed E-state index contributed by atoms with van der Waals surface area (Å²) in [7, 11) is 1.75. The molecule has 0 spiro atoms. The van der Waals surface area contributed by atoms with Crippen molar-refractivity contribution in [2.45, 2.75) is 55.6 Å². The maximum Gasteiger partial charge on any atom is 0.284 e. The fourth-order valence-electron chi connectivity index (χ4n) is 3.65. The minimum absolute atomic E-state index is 0.0374. The monoisotopic (exact) mass is 460 g/mol. The molecule has 1 saturated heterocycles. The molecular weight excluding hydrogens is 432 g/mol. The van der Waals surface area contributed by atoms with Crippen molar-refractivity contribution in [3.05, 3.63) is 40.2 Å². The predicted octanol–water partition coefficient (Wildman–Crippen LogP) is 3.03. The molecule has 1 N–H and O–H groups in total. The molecule has 2 heterocycles. The van der Waals surface area contributed by atoms with Crippen LogP contribution in [-0.4, -0.2) is 55.5 Å². The van der Waals surface area contributed by atoms with E-state index < -0.39 is 4.92 Å². The normalized spacial score (nSPS) is 18.4. The minimum atomic E-state index is -0.501. The number of aromatic nitrogens is 3. The number of rotatable bonds is 8. The number of aryl methyl sites for hydroxylation is 1. The van der Waals surface area contributed by atoms with Crippen LogP contribution in [0.3, 0.4) is 0 Å². The van der Waals surface area contributed by atoms with Crippen LogP contribution in [-0.2, 0) is 11.8 Å². The van der Waals surface area contributed by atoms with E-state index in [0.29, 0.717) is 29.6 Å². The quantitative estimate of drug-likeness (QED) is 0.365. The molecule has 2 aromatic rings. The summed E-state index contributed by atoms with van der Waals surface area (Å²) in [5, 5.41) is 22.9. The molecule has 172 valence electrons. The lowest BCUT2D eigenvalue weighted by Crippen LogP contribution is -2.49. The molecule has 1 aromatic carbocycles. The number of benzene rings is 1. The first-order valence-electron chi connectivity index (χ1n) is 10.7. The third-order valence-corrected chi connectivity index (χ3v) is 6.73. The number of nitrogens with one attached hydrogen (secondary N) is 1. The third kappa shape index (κ3) is 5.45. The van der Waals surface area contributed by atoms with Gasteiger partial charge in [-0.05, 0) is 50.1 Å². The van der Waals surface area contributed by atoms with Crippen LogP contribution in [0.5, 0.6) is 0 Å². The van der Waals surface area contributed by atoms with Gasteiger partial charge in [0.05, 0.1) is 15.7 Å². The molecule has 2 amide bonds. The Kier molecular flexibility index (Phi) is 7.84. The average Bonchev–Trinajstić information content (AvgIpc) is 3.18. The van der Waals surface area contributed by atoms with E-state index in [1.807, 2.05) is 6.92 Å². The summed E-state index contributed by atoms with van der Waals surface area (Å²) < 4.78 is 1.66. The summed E-state index contributed by atoms with van der Waals surface area (Å²) in [6.45, 7) is 4.94. The van der Waals surface area contributed by atoms with E-state index in [1.54, 1.807) is 28.6 Å². The lowest BCUT2D eigenvalue weighted by molar-refractivity contribution is -0.387. The first-order valence-corrected chi connectivity index (χ1v) is 11.5. The molecule has 1 aliphatic rings. The van der Waals surface area contributed by atoms with E-state index in [2.05, 4.69) is 22.4 Å². The summed E-state index contributed by atoms with van der Waals surface area (Å²) in [4.78, 5) is 39.0. The average molecular weight is 461 g/mol. The van der Waals surface area contributed by atoms with Crippen LogP contribution < -0.4 is 5.32 Å². The molecule has 1 aliphatic heterocycles. The number of likely N-dealkylation sites (tertiary alicyclic amines) is 1. The second kappa shape index (κ2) is 10.6. The summed E-state index contributed by atoms with van der Waals surface area (Å²) in [5.41, 5.74) is 0.0697. The molecule has 10 nitrogen and oxygen atoms in total. The maximum absolute atomic E-state index is 13.2. The van der Waals surface area contributed by atoms with Crippen molar-refractivity contribution < 1.29 is 14.5 Å². The molecule has 1 aromatic heterocycles. The van der Waals surface area contributed by atoms with E-state index in [0.717, 1.165) is 31.0 Å². The summed E-state index contributed by atoms with van der Waals surface area (Å²) in [5.74, 6) is -0.612. The standard InChI is InChI=1S/C21H28N6O4S/c1-4-5-10-22-19(28)16-7-6-14(2)26(12-16)20(29)15-8-9-18(17(11-15)27(30)31)32-21-24-23-13-25(21)3/h8-9,11,13-14,16H,4-7,10,12H2,1-3H3,(H,22,28). The number of hydrogen-bond acceptors (Lipinski definition) is 7. The number of carbonyl (C=O) groups is 2. The van der Waals surface area contributed by atoms with Crippen molar-refractivity contribution in [1.82, 2.24) is 25.0 Å². The highest BCUT2D eigenvalue weighted by molar-refractivity contribution is 7.99. The summed E-state index contributed by atoms with van der Waals surface area (Å²) >= 11 is 1.12.